The first kappa shape index (κ1) is 11.6. The zero-order valence-corrected chi connectivity index (χ0v) is 10.2. The number of aromatic amines is 2. The molecule has 1 aromatic carbocycles. The molecule has 6 nitrogen and oxygen atoms in total. The maximum atomic E-state index is 12.2. The molecule has 0 atom stereocenters. The minimum atomic E-state index is -0.315. The van der Waals surface area contributed by atoms with E-state index in [0.717, 1.165) is 0 Å². The van der Waals surface area contributed by atoms with Crippen LogP contribution in [-0.2, 0) is 0 Å². The number of hydrogen-bond donors (Lipinski definition) is 2. The molecule has 0 saturated carbocycles. The summed E-state index contributed by atoms with van der Waals surface area (Å²) in [6.07, 6.45) is 1.23. The van der Waals surface area contributed by atoms with E-state index in [1.807, 2.05) is 0 Å². The predicted molar refractivity (Wildman–Crippen MR) is 69.4 cm³/mol. The standard InChI is InChI=1S/C12H7ClN4O2/c13-10-4-9(14-5-15-10)11(18)6-1-2-7-8(3-6)17-12(19)16-7/h1-5H,(H2,16,17,19). The Bertz CT molecular complexity index is 837. The molecule has 0 bridgehead atoms. The molecule has 3 rings (SSSR count). The van der Waals surface area contributed by atoms with E-state index >= 15 is 0 Å². The van der Waals surface area contributed by atoms with E-state index in [-0.39, 0.29) is 22.3 Å². The Morgan fingerprint density at radius 3 is 2.68 bits per heavy atom. The van der Waals surface area contributed by atoms with E-state index in [9.17, 15) is 9.59 Å². The molecule has 94 valence electrons. The molecule has 0 aliphatic heterocycles. The Kier molecular flexibility index (Phi) is 2.64. The minimum absolute atomic E-state index is 0.203. The number of fused-ring (bicyclic) bond motifs is 1. The molecule has 2 N–H and O–H groups in total. The van der Waals surface area contributed by atoms with Gasteiger partial charge in [-0.2, -0.15) is 0 Å². The highest BCUT2D eigenvalue weighted by atomic mass is 35.5. The molecule has 0 unspecified atom stereocenters. The van der Waals surface area contributed by atoms with Gasteiger partial charge < -0.3 is 9.97 Å². The summed E-state index contributed by atoms with van der Waals surface area (Å²) in [5.41, 5.74) is 1.51. The van der Waals surface area contributed by atoms with E-state index in [2.05, 4.69) is 19.9 Å². The maximum absolute atomic E-state index is 12.2. The summed E-state index contributed by atoms with van der Waals surface area (Å²) in [5, 5.41) is 0.203. The summed E-state index contributed by atoms with van der Waals surface area (Å²) < 4.78 is 0. The normalized spacial score (nSPS) is 10.8. The largest absolute Gasteiger partial charge is 0.323 e. The number of benzene rings is 1. The zero-order chi connectivity index (χ0) is 13.4. The Morgan fingerprint density at radius 2 is 1.89 bits per heavy atom. The fourth-order valence-electron chi connectivity index (χ4n) is 1.78. The molecule has 0 fully saturated rings. The molecule has 0 saturated heterocycles. The van der Waals surface area contributed by atoms with Gasteiger partial charge in [0.15, 0.2) is 0 Å². The lowest BCUT2D eigenvalue weighted by molar-refractivity contribution is 0.103. The number of aromatic nitrogens is 4. The van der Waals surface area contributed by atoms with Crippen LogP contribution in [0.4, 0.5) is 0 Å². The first-order valence-electron chi connectivity index (χ1n) is 5.38. The fourth-order valence-corrected chi connectivity index (χ4v) is 1.93. The van der Waals surface area contributed by atoms with Gasteiger partial charge in [-0.05, 0) is 18.2 Å². The summed E-state index contributed by atoms with van der Waals surface area (Å²) in [6.45, 7) is 0. The lowest BCUT2D eigenvalue weighted by Gasteiger charge is -2.00. The third-order valence-electron chi connectivity index (χ3n) is 2.64. The summed E-state index contributed by atoms with van der Waals surface area (Å²) in [4.78, 5) is 36.1. The first-order valence-corrected chi connectivity index (χ1v) is 5.75. The van der Waals surface area contributed by atoms with Gasteiger partial charge in [0.2, 0.25) is 5.78 Å². The molecule has 19 heavy (non-hydrogen) atoms. The van der Waals surface area contributed by atoms with Crippen molar-refractivity contribution in [2.45, 2.75) is 0 Å². The number of nitrogens with one attached hydrogen (secondary N) is 2. The van der Waals surface area contributed by atoms with E-state index < -0.39 is 0 Å². The van der Waals surface area contributed by atoms with Crippen LogP contribution in [0.1, 0.15) is 16.1 Å². The number of carbonyl (C=O) groups is 1. The molecular weight excluding hydrogens is 268 g/mol. The highest BCUT2D eigenvalue weighted by Crippen LogP contribution is 2.14. The molecule has 3 aromatic rings. The Hall–Kier alpha value is -2.47. The van der Waals surface area contributed by atoms with Crippen molar-refractivity contribution < 1.29 is 4.79 Å². The highest BCUT2D eigenvalue weighted by molar-refractivity contribution is 6.29. The second-order valence-electron chi connectivity index (χ2n) is 3.89. The van der Waals surface area contributed by atoms with Gasteiger partial charge >= 0.3 is 5.69 Å². The van der Waals surface area contributed by atoms with E-state index in [1.54, 1.807) is 18.2 Å². The van der Waals surface area contributed by atoms with Crippen molar-refractivity contribution in [3.05, 3.63) is 57.5 Å². The van der Waals surface area contributed by atoms with Crippen LogP contribution in [0.3, 0.4) is 0 Å². The summed E-state index contributed by atoms with van der Waals surface area (Å²) in [7, 11) is 0. The fraction of sp³-hybridized carbons (Fsp3) is 0. The van der Waals surface area contributed by atoms with Crippen LogP contribution < -0.4 is 5.69 Å². The number of imidazole rings is 1. The Morgan fingerprint density at radius 1 is 1.11 bits per heavy atom. The second kappa shape index (κ2) is 4.33. The number of carbonyl (C=O) groups excluding carboxylic acids is 1. The van der Waals surface area contributed by atoms with Crippen molar-refractivity contribution in [2.24, 2.45) is 0 Å². The van der Waals surface area contributed by atoms with E-state index in [0.29, 0.717) is 16.6 Å². The van der Waals surface area contributed by atoms with Gasteiger partial charge in [-0.25, -0.2) is 14.8 Å². The lowest BCUT2D eigenvalue weighted by Crippen LogP contribution is -2.04. The highest BCUT2D eigenvalue weighted by Gasteiger charge is 2.12. The van der Waals surface area contributed by atoms with Gasteiger partial charge in [-0.15, -0.1) is 0 Å². The van der Waals surface area contributed by atoms with Crippen molar-refractivity contribution in [3.8, 4) is 0 Å². The molecule has 0 radical (unpaired) electrons. The van der Waals surface area contributed by atoms with Crippen molar-refractivity contribution in [2.75, 3.05) is 0 Å². The lowest BCUT2D eigenvalue weighted by atomic mass is 10.1. The maximum Gasteiger partial charge on any atom is 0.323 e. The van der Waals surface area contributed by atoms with Gasteiger partial charge in [-0.1, -0.05) is 11.6 Å². The molecule has 2 aromatic heterocycles. The van der Waals surface area contributed by atoms with Crippen molar-refractivity contribution in [1.82, 2.24) is 19.9 Å². The van der Waals surface area contributed by atoms with Crippen molar-refractivity contribution in [3.63, 3.8) is 0 Å². The summed E-state index contributed by atoms with van der Waals surface area (Å²) >= 11 is 5.72. The Balaban J connectivity index is 2.08. The topological polar surface area (TPSA) is 91.5 Å². The van der Waals surface area contributed by atoms with Gasteiger partial charge in [0.1, 0.15) is 17.2 Å². The third kappa shape index (κ3) is 2.13. The molecular formula is C12H7ClN4O2. The number of ketones is 1. The number of nitrogens with zero attached hydrogens (tertiary/aromatic N) is 2. The number of H-pyrrole nitrogens is 2. The van der Waals surface area contributed by atoms with Crippen LogP contribution in [-0.4, -0.2) is 25.7 Å². The first-order chi connectivity index (χ1) is 9.13. The molecule has 2 heterocycles. The van der Waals surface area contributed by atoms with E-state index in [1.165, 1.54) is 12.4 Å². The number of hydrogen-bond acceptors (Lipinski definition) is 4. The van der Waals surface area contributed by atoms with Gasteiger partial charge in [0, 0.05) is 11.6 Å². The minimum Gasteiger partial charge on any atom is -0.306 e. The number of halogens is 1. The van der Waals surface area contributed by atoms with Crippen LogP contribution in [0.2, 0.25) is 5.15 Å². The van der Waals surface area contributed by atoms with Crippen LogP contribution in [0.15, 0.2) is 35.4 Å². The van der Waals surface area contributed by atoms with Crippen molar-refractivity contribution >= 4 is 28.4 Å². The Labute approximate surface area is 111 Å². The molecule has 0 aliphatic rings. The van der Waals surface area contributed by atoms with Crippen molar-refractivity contribution in [1.29, 1.82) is 0 Å². The van der Waals surface area contributed by atoms with Crippen LogP contribution in [0.25, 0.3) is 11.0 Å². The third-order valence-corrected chi connectivity index (χ3v) is 2.85. The molecule has 0 spiro atoms. The second-order valence-corrected chi connectivity index (χ2v) is 4.28. The predicted octanol–water partition coefficient (Wildman–Crippen LogP) is 1.53. The van der Waals surface area contributed by atoms with Gasteiger partial charge in [0.25, 0.3) is 0 Å². The molecule has 7 heteroatoms. The van der Waals surface area contributed by atoms with Crippen LogP contribution >= 0.6 is 11.6 Å². The quantitative estimate of drug-likeness (QED) is 0.547. The summed E-state index contributed by atoms with van der Waals surface area (Å²) in [5.74, 6) is -0.284. The molecule has 0 aliphatic carbocycles. The monoisotopic (exact) mass is 274 g/mol. The zero-order valence-electron chi connectivity index (χ0n) is 9.48. The number of rotatable bonds is 2. The molecule has 0 amide bonds. The van der Waals surface area contributed by atoms with Crippen LogP contribution in [0, 0.1) is 0 Å². The van der Waals surface area contributed by atoms with Gasteiger partial charge in [0.05, 0.1) is 11.0 Å². The average Bonchev–Trinajstić information content (AvgIpc) is 2.76. The summed E-state index contributed by atoms with van der Waals surface area (Å²) in [6, 6.07) is 6.26. The van der Waals surface area contributed by atoms with E-state index in [4.69, 9.17) is 11.6 Å². The smallest absolute Gasteiger partial charge is 0.306 e. The average molecular weight is 275 g/mol. The van der Waals surface area contributed by atoms with Gasteiger partial charge in [-0.3, -0.25) is 4.79 Å². The SMILES string of the molecule is O=C(c1ccc2[nH]c(=O)[nH]c2c1)c1cc(Cl)ncn1. The van der Waals surface area contributed by atoms with Crippen LogP contribution in [0.5, 0.6) is 0 Å².